The van der Waals surface area contributed by atoms with Gasteiger partial charge in [0.2, 0.25) is 5.82 Å². The third-order valence-electron chi connectivity index (χ3n) is 4.86. The second kappa shape index (κ2) is 10.5. The highest BCUT2D eigenvalue weighted by molar-refractivity contribution is 7.32. The molecule has 0 saturated carbocycles. The third-order valence-corrected chi connectivity index (χ3v) is 5.31. The zero-order valence-corrected chi connectivity index (χ0v) is 18.6. The molecule has 1 unspecified atom stereocenters. The molecule has 32 heavy (non-hydrogen) atoms. The van der Waals surface area contributed by atoms with E-state index in [1.807, 2.05) is 67.7 Å². The lowest BCUT2D eigenvalue weighted by Gasteiger charge is -2.05. The van der Waals surface area contributed by atoms with E-state index in [1.165, 1.54) is 0 Å². The van der Waals surface area contributed by atoms with Crippen LogP contribution >= 0.6 is 8.25 Å². The number of nitrogens with one attached hydrogen (secondary N) is 1. The average molecular weight is 453 g/mol. The Morgan fingerprint density at radius 3 is 2.66 bits per heavy atom. The van der Waals surface area contributed by atoms with E-state index in [0.29, 0.717) is 36.9 Å². The summed E-state index contributed by atoms with van der Waals surface area (Å²) in [6, 6.07) is 19.8. The number of nitrogens with zero attached hydrogens (tertiary/aromatic N) is 4. The van der Waals surface area contributed by atoms with E-state index in [1.54, 1.807) is 4.68 Å². The van der Waals surface area contributed by atoms with Gasteiger partial charge in [0, 0.05) is 19.2 Å². The normalized spacial score (nSPS) is 12.2. The fourth-order valence-corrected chi connectivity index (χ4v) is 3.58. The SMILES string of the molecule is Cn1nc(-c2nc(-c3ccc(CNCCCO[PH](=O)O)cc3)no2)cc1-c1ccccc1. The Hall–Kier alpha value is -3.10. The van der Waals surface area contributed by atoms with Gasteiger partial charge in [-0.05, 0) is 30.2 Å². The Labute approximate surface area is 186 Å². The van der Waals surface area contributed by atoms with E-state index >= 15 is 0 Å². The van der Waals surface area contributed by atoms with Gasteiger partial charge in [-0.3, -0.25) is 9.25 Å². The molecule has 0 aliphatic heterocycles. The van der Waals surface area contributed by atoms with Gasteiger partial charge < -0.3 is 19.3 Å². The van der Waals surface area contributed by atoms with Gasteiger partial charge in [0.1, 0.15) is 0 Å². The summed E-state index contributed by atoms with van der Waals surface area (Å²) in [5.41, 5.74) is 4.61. The first-order valence-corrected chi connectivity index (χ1v) is 11.5. The lowest BCUT2D eigenvalue weighted by atomic mass is 10.1. The molecule has 4 aromatic rings. The molecule has 9 nitrogen and oxygen atoms in total. The van der Waals surface area contributed by atoms with E-state index in [4.69, 9.17) is 9.42 Å². The topological polar surface area (TPSA) is 115 Å². The molecule has 0 spiro atoms. The van der Waals surface area contributed by atoms with Crippen molar-refractivity contribution in [1.29, 1.82) is 0 Å². The number of hydrogen-bond donors (Lipinski definition) is 2. The molecule has 0 saturated heterocycles. The minimum Gasteiger partial charge on any atom is -0.332 e. The predicted molar refractivity (Wildman–Crippen MR) is 121 cm³/mol. The highest BCUT2D eigenvalue weighted by atomic mass is 31.1. The van der Waals surface area contributed by atoms with Crippen molar-refractivity contribution in [2.75, 3.05) is 13.2 Å². The molecule has 0 bridgehead atoms. The van der Waals surface area contributed by atoms with Crippen LogP contribution in [0.4, 0.5) is 0 Å². The van der Waals surface area contributed by atoms with Crippen molar-refractivity contribution < 1.29 is 18.5 Å². The van der Waals surface area contributed by atoms with Gasteiger partial charge in [-0.1, -0.05) is 59.8 Å². The van der Waals surface area contributed by atoms with Crippen molar-refractivity contribution in [2.45, 2.75) is 13.0 Å². The van der Waals surface area contributed by atoms with Crippen molar-refractivity contribution in [2.24, 2.45) is 7.05 Å². The second-order valence-corrected chi connectivity index (χ2v) is 7.99. The summed E-state index contributed by atoms with van der Waals surface area (Å²) >= 11 is 0. The molecular formula is C22H24N5O4P. The first-order valence-electron chi connectivity index (χ1n) is 10.2. The summed E-state index contributed by atoms with van der Waals surface area (Å²) < 4.78 is 22.4. The van der Waals surface area contributed by atoms with Gasteiger partial charge in [0.05, 0.1) is 12.3 Å². The largest absolute Gasteiger partial charge is 0.332 e. The van der Waals surface area contributed by atoms with Crippen LogP contribution in [0.5, 0.6) is 0 Å². The molecule has 0 aliphatic rings. The summed E-state index contributed by atoms with van der Waals surface area (Å²) in [5.74, 6) is 0.874. The molecular weight excluding hydrogens is 429 g/mol. The van der Waals surface area contributed by atoms with Crippen LogP contribution in [0.2, 0.25) is 0 Å². The van der Waals surface area contributed by atoms with Crippen LogP contribution in [0.25, 0.3) is 34.2 Å². The zero-order valence-electron chi connectivity index (χ0n) is 17.6. The molecule has 2 N–H and O–H groups in total. The molecule has 4 rings (SSSR count). The molecule has 2 aromatic carbocycles. The highest BCUT2D eigenvalue weighted by Crippen LogP contribution is 2.26. The number of benzene rings is 2. The predicted octanol–water partition coefficient (Wildman–Crippen LogP) is 3.68. The van der Waals surface area contributed by atoms with Crippen molar-refractivity contribution in [3.8, 4) is 34.2 Å². The molecule has 1 atom stereocenters. The third kappa shape index (κ3) is 5.57. The summed E-state index contributed by atoms with van der Waals surface area (Å²) in [4.78, 5) is 13.1. The quantitative estimate of drug-likeness (QED) is 0.276. The number of rotatable bonds is 10. The molecule has 2 aromatic heterocycles. The second-order valence-electron chi connectivity index (χ2n) is 7.17. The Morgan fingerprint density at radius 2 is 1.91 bits per heavy atom. The zero-order chi connectivity index (χ0) is 22.3. The van der Waals surface area contributed by atoms with Gasteiger partial charge in [0.15, 0.2) is 5.69 Å². The molecule has 0 amide bonds. The maximum Gasteiger partial charge on any atom is 0.316 e. The molecule has 0 fully saturated rings. The van der Waals surface area contributed by atoms with Crippen LogP contribution in [0.3, 0.4) is 0 Å². The minimum atomic E-state index is -2.84. The van der Waals surface area contributed by atoms with Gasteiger partial charge >= 0.3 is 8.25 Å². The van der Waals surface area contributed by atoms with Gasteiger partial charge in [0.25, 0.3) is 5.89 Å². The van der Waals surface area contributed by atoms with E-state index in [9.17, 15) is 4.57 Å². The molecule has 0 radical (unpaired) electrons. The molecule has 0 aliphatic carbocycles. The first-order chi connectivity index (χ1) is 15.6. The van der Waals surface area contributed by atoms with E-state index < -0.39 is 8.25 Å². The number of aryl methyl sites for hydroxylation is 1. The van der Waals surface area contributed by atoms with Crippen molar-refractivity contribution in [1.82, 2.24) is 25.2 Å². The Kier molecular flexibility index (Phi) is 7.24. The van der Waals surface area contributed by atoms with Crippen LogP contribution in [0.15, 0.2) is 65.2 Å². The van der Waals surface area contributed by atoms with E-state index in [-0.39, 0.29) is 6.61 Å². The maximum atomic E-state index is 10.5. The van der Waals surface area contributed by atoms with Gasteiger partial charge in [-0.2, -0.15) is 10.1 Å². The van der Waals surface area contributed by atoms with Gasteiger partial charge in [-0.25, -0.2) is 0 Å². The van der Waals surface area contributed by atoms with Crippen molar-refractivity contribution in [3.63, 3.8) is 0 Å². The maximum absolute atomic E-state index is 10.5. The summed E-state index contributed by atoms with van der Waals surface area (Å²) in [5, 5.41) is 11.9. The van der Waals surface area contributed by atoms with Crippen LogP contribution in [0.1, 0.15) is 12.0 Å². The number of aromatic nitrogens is 4. The summed E-state index contributed by atoms with van der Waals surface area (Å²) in [6.07, 6.45) is 0.667. The van der Waals surface area contributed by atoms with Crippen LogP contribution < -0.4 is 5.32 Å². The number of hydrogen-bond acceptors (Lipinski definition) is 7. The first kappa shape index (κ1) is 22.1. The Balaban J connectivity index is 1.37. The smallest absolute Gasteiger partial charge is 0.316 e. The fourth-order valence-electron chi connectivity index (χ4n) is 3.26. The minimum absolute atomic E-state index is 0.267. The summed E-state index contributed by atoms with van der Waals surface area (Å²) in [7, 11) is -0.950. The molecule has 166 valence electrons. The van der Waals surface area contributed by atoms with Crippen molar-refractivity contribution in [3.05, 3.63) is 66.2 Å². The lowest BCUT2D eigenvalue weighted by Crippen LogP contribution is -2.15. The van der Waals surface area contributed by atoms with Crippen LogP contribution in [-0.4, -0.2) is 38.0 Å². The Bertz CT molecular complexity index is 1170. The average Bonchev–Trinajstić information content (AvgIpc) is 3.44. The fraction of sp³-hybridized carbons (Fsp3) is 0.227. The van der Waals surface area contributed by atoms with Crippen LogP contribution in [-0.2, 0) is 22.7 Å². The van der Waals surface area contributed by atoms with Crippen molar-refractivity contribution >= 4 is 8.25 Å². The molecule has 10 heteroatoms. The monoisotopic (exact) mass is 453 g/mol. The molecule has 2 heterocycles. The summed E-state index contributed by atoms with van der Waals surface area (Å²) in [6.45, 7) is 1.64. The standard InChI is InChI=1S/C22H24N5O4P/c1-27-20(17-6-3-2-4-7-17)14-19(25-27)22-24-21(26-31-22)18-10-8-16(9-11-18)15-23-12-5-13-30-32(28)29/h2-4,6-11,14,23,32H,5,12-13,15H2,1H3,(H,28,29). The van der Waals surface area contributed by atoms with Gasteiger partial charge in [-0.15, -0.1) is 0 Å². The lowest BCUT2D eigenvalue weighted by molar-refractivity contribution is 0.276. The van der Waals surface area contributed by atoms with Crippen LogP contribution in [0, 0.1) is 0 Å². The van der Waals surface area contributed by atoms with E-state index in [0.717, 1.165) is 22.4 Å². The van der Waals surface area contributed by atoms with E-state index in [2.05, 4.69) is 25.1 Å². The Morgan fingerprint density at radius 1 is 1.12 bits per heavy atom. The highest BCUT2D eigenvalue weighted by Gasteiger charge is 2.16.